The van der Waals surface area contributed by atoms with Crippen LogP contribution in [-0.2, 0) is 11.2 Å². The second-order valence-electron chi connectivity index (χ2n) is 5.01. The second-order valence-corrected chi connectivity index (χ2v) is 5.01. The Morgan fingerprint density at radius 1 is 1.37 bits per heavy atom. The molecule has 0 aliphatic heterocycles. The molecule has 19 heavy (non-hydrogen) atoms. The number of aliphatic carboxylic acids is 1. The van der Waals surface area contributed by atoms with Crippen molar-refractivity contribution in [3.63, 3.8) is 0 Å². The minimum Gasteiger partial charge on any atom is -0.480 e. The van der Waals surface area contributed by atoms with E-state index in [1.165, 1.54) is 12.1 Å². The van der Waals surface area contributed by atoms with E-state index in [0.29, 0.717) is 6.42 Å². The number of nitrogens with zero attached hydrogens (tertiary/aromatic N) is 1. The maximum absolute atomic E-state index is 13.1. The van der Waals surface area contributed by atoms with Gasteiger partial charge < -0.3 is 5.11 Å². The van der Waals surface area contributed by atoms with Crippen molar-refractivity contribution in [3.05, 3.63) is 35.6 Å². The van der Waals surface area contributed by atoms with E-state index in [1.807, 2.05) is 31.7 Å². The van der Waals surface area contributed by atoms with Crippen LogP contribution in [0.1, 0.15) is 32.8 Å². The Kier molecular flexibility index (Phi) is 5.96. The summed E-state index contributed by atoms with van der Waals surface area (Å²) in [7, 11) is 0. The van der Waals surface area contributed by atoms with Crippen molar-refractivity contribution in [1.29, 1.82) is 0 Å². The lowest BCUT2D eigenvalue weighted by atomic mass is 10.0. The lowest BCUT2D eigenvalue weighted by Crippen LogP contribution is -2.44. The predicted molar refractivity (Wildman–Crippen MR) is 73.7 cm³/mol. The second kappa shape index (κ2) is 7.24. The van der Waals surface area contributed by atoms with Crippen LogP contribution in [0.25, 0.3) is 0 Å². The molecule has 0 aliphatic carbocycles. The molecule has 1 aromatic rings. The third-order valence-electron chi connectivity index (χ3n) is 3.46. The molecule has 0 radical (unpaired) electrons. The summed E-state index contributed by atoms with van der Waals surface area (Å²) >= 11 is 0. The van der Waals surface area contributed by atoms with Crippen molar-refractivity contribution < 1.29 is 14.3 Å². The summed E-state index contributed by atoms with van der Waals surface area (Å²) in [4.78, 5) is 12.9. The van der Waals surface area contributed by atoms with Crippen LogP contribution in [0.15, 0.2) is 24.3 Å². The Labute approximate surface area is 114 Å². The van der Waals surface area contributed by atoms with Gasteiger partial charge in [-0.3, -0.25) is 9.69 Å². The van der Waals surface area contributed by atoms with Crippen molar-refractivity contribution in [3.8, 4) is 0 Å². The molecular formula is C15H22FNO2. The standard InChI is InChI=1S/C15H22FNO2/c1-4-11(2)17(10-15(18)19)12(3)8-13-6-5-7-14(16)9-13/h5-7,9,11-12H,4,8,10H2,1-3H3,(H,18,19). The zero-order chi connectivity index (χ0) is 14.4. The van der Waals surface area contributed by atoms with E-state index < -0.39 is 5.97 Å². The first-order valence-electron chi connectivity index (χ1n) is 6.66. The van der Waals surface area contributed by atoms with E-state index in [4.69, 9.17) is 5.11 Å². The maximum atomic E-state index is 13.1. The molecule has 1 N–H and O–H groups in total. The van der Waals surface area contributed by atoms with Crippen LogP contribution < -0.4 is 0 Å². The fourth-order valence-electron chi connectivity index (χ4n) is 2.26. The molecule has 2 unspecified atom stereocenters. The average molecular weight is 267 g/mol. The van der Waals surface area contributed by atoms with Gasteiger partial charge in [0.15, 0.2) is 0 Å². The number of hydrogen-bond acceptors (Lipinski definition) is 2. The number of halogens is 1. The minimum atomic E-state index is -0.827. The molecule has 106 valence electrons. The van der Waals surface area contributed by atoms with Crippen LogP contribution in [0.2, 0.25) is 0 Å². The van der Waals surface area contributed by atoms with Gasteiger partial charge >= 0.3 is 5.97 Å². The first kappa shape index (κ1) is 15.6. The minimum absolute atomic E-state index is 0.0193. The molecular weight excluding hydrogens is 245 g/mol. The fourth-order valence-corrected chi connectivity index (χ4v) is 2.26. The van der Waals surface area contributed by atoms with E-state index in [9.17, 15) is 9.18 Å². The molecule has 0 spiro atoms. The molecule has 0 amide bonds. The normalized spacial score (nSPS) is 14.4. The summed E-state index contributed by atoms with van der Waals surface area (Å²) in [6.07, 6.45) is 1.54. The van der Waals surface area contributed by atoms with E-state index in [-0.39, 0.29) is 24.4 Å². The number of carbonyl (C=O) groups is 1. The van der Waals surface area contributed by atoms with Crippen LogP contribution in [-0.4, -0.2) is 34.6 Å². The Morgan fingerprint density at radius 2 is 2.05 bits per heavy atom. The summed E-state index contributed by atoms with van der Waals surface area (Å²) in [5.41, 5.74) is 0.895. The first-order chi connectivity index (χ1) is 8.93. The molecule has 4 heteroatoms. The highest BCUT2D eigenvalue weighted by atomic mass is 19.1. The monoisotopic (exact) mass is 267 g/mol. The topological polar surface area (TPSA) is 40.5 Å². The highest BCUT2D eigenvalue weighted by molar-refractivity contribution is 5.69. The Balaban J connectivity index is 2.76. The van der Waals surface area contributed by atoms with E-state index in [0.717, 1.165) is 12.0 Å². The van der Waals surface area contributed by atoms with Gasteiger partial charge in [0.05, 0.1) is 6.54 Å². The third-order valence-corrected chi connectivity index (χ3v) is 3.46. The molecule has 0 aromatic heterocycles. The van der Waals surface area contributed by atoms with Crippen molar-refractivity contribution >= 4 is 5.97 Å². The molecule has 0 bridgehead atoms. The molecule has 0 saturated carbocycles. The summed E-state index contributed by atoms with van der Waals surface area (Å²) in [6, 6.07) is 6.73. The van der Waals surface area contributed by atoms with Gasteiger partial charge in [0.2, 0.25) is 0 Å². The van der Waals surface area contributed by atoms with E-state index >= 15 is 0 Å². The molecule has 0 fully saturated rings. The Hall–Kier alpha value is -1.42. The lowest BCUT2D eigenvalue weighted by Gasteiger charge is -2.32. The van der Waals surface area contributed by atoms with Crippen LogP contribution in [0, 0.1) is 5.82 Å². The number of benzene rings is 1. The lowest BCUT2D eigenvalue weighted by molar-refractivity contribution is -0.139. The third kappa shape index (κ3) is 4.99. The molecule has 2 atom stereocenters. The molecule has 0 aliphatic rings. The molecule has 0 heterocycles. The van der Waals surface area contributed by atoms with Crippen LogP contribution in [0.5, 0.6) is 0 Å². The van der Waals surface area contributed by atoms with Crippen molar-refractivity contribution in [1.82, 2.24) is 4.90 Å². The Morgan fingerprint density at radius 3 is 2.58 bits per heavy atom. The van der Waals surface area contributed by atoms with E-state index in [2.05, 4.69) is 0 Å². The summed E-state index contributed by atoms with van der Waals surface area (Å²) in [5, 5.41) is 8.99. The van der Waals surface area contributed by atoms with Gasteiger partial charge in [-0.25, -0.2) is 4.39 Å². The van der Waals surface area contributed by atoms with Gasteiger partial charge in [0, 0.05) is 12.1 Å². The molecule has 1 rings (SSSR count). The highest BCUT2D eigenvalue weighted by Crippen LogP contribution is 2.14. The highest BCUT2D eigenvalue weighted by Gasteiger charge is 2.21. The van der Waals surface area contributed by atoms with Gasteiger partial charge in [0.1, 0.15) is 5.82 Å². The summed E-state index contributed by atoms with van der Waals surface area (Å²) < 4.78 is 13.1. The largest absolute Gasteiger partial charge is 0.480 e. The van der Waals surface area contributed by atoms with Gasteiger partial charge in [0.25, 0.3) is 0 Å². The SMILES string of the molecule is CCC(C)N(CC(=O)O)C(C)Cc1cccc(F)c1. The quantitative estimate of drug-likeness (QED) is 0.825. The fraction of sp³-hybridized carbons (Fsp3) is 0.533. The number of rotatable bonds is 7. The average Bonchev–Trinajstić information content (AvgIpc) is 2.34. The molecule has 1 aromatic carbocycles. The predicted octanol–water partition coefficient (Wildman–Crippen LogP) is 2.94. The number of carboxylic acids is 1. The summed E-state index contributed by atoms with van der Waals surface area (Å²) in [6.45, 7) is 6.06. The zero-order valence-corrected chi connectivity index (χ0v) is 11.8. The van der Waals surface area contributed by atoms with Gasteiger partial charge in [-0.1, -0.05) is 19.1 Å². The summed E-state index contributed by atoms with van der Waals surface area (Å²) in [5.74, 6) is -1.08. The van der Waals surface area contributed by atoms with Crippen molar-refractivity contribution in [2.24, 2.45) is 0 Å². The van der Waals surface area contributed by atoms with Gasteiger partial charge in [-0.2, -0.15) is 0 Å². The zero-order valence-electron chi connectivity index (χ0n) is 11.8. The molecule has 3 nitrogen and oxygen atoms in total. The van der Waals surface area contributed by atoms with Crippen molar-refractivity contribution in [2.45, 2.75) is 45.7 Å². The maximum Gasteiger partial charge on any atom is 0.317 e. The van der Waals surface area contributed by atoms with Gasteiger partial charge in [-0.15, -0.1) is 0 Å². The Bertz CT molecular complexity index is 422. The van der Waals surface area contributed by atoms with E-state index in [1.54, 1.807) is 6.07 Å². The molecule has 0 saturated heterocycles. The first-order valence-corrected chi connectivity index (χ1v) is 6.66. The van der Waals surface area contributed by atoms with Crippen molar-refractivity contribution in [2.75, 3.05) is 6.54 Å². The van der Waals surface area contributed by atoms with Crippen LogP contribution in [0.3, 0.4) is 0 Å². The van der Waals surface area contributed by atoms with Crippen LogP contribution >= 0.6 is 0 Å². The van der Waals surface area contributed by atoms with Crippen LogP contribution in [0.4, 0.5) is 4.39 Å². The van der Waals surface area contributed by atoms with Gasteiger partial charge in [-0.05, 0) is 44.4 Å². The number of hydrogen-bond donors (Lipinski definition) is 1. The smallest absolute Gasteiger partial charge is 0.317 e. The number of carboxylic acid groups (broad SMARTS) is 1.